The Morgan fingerprint density at radius 2 is 1.90 bits per heavy atom. The van der Waals surface area contributed by atoms with Crippen LogP contribution in [0.3, 0.4) is 0 Å². The SMILES string of the molecule is COc1ccc(Br)cc1/C=C(\C(=O)O)c1ccccc1. The molecule has 0 aromatic heterocycles. The first kappa shape index (κ1) is 14.3. The Morgan fingerprint density at radius 3 is 2.50 bits per heavy atom. The topological polar surface area (TPSA) is 46.5 Å². The Bertz CT molecular complexity index is 648. The van der Waals surface area contributed by atoms with Gasteiger partial charge in [-0.1, -0.05) is 46.3 Å². The van der Waals surface area contributed by atoms with E-state index in [-0.39, 0.29) is 5.57 Å². The van der Waals surface area contributed by atoms with Crippen LogP contribution in [0.1, 0.15) is 11.1 Å². The molecule has 1 N–H and O–H groups in total. The standard InChI is InChI=1S/C16H13BrO3/c1-20-15-8-7-13(17)9-12(15)10-14(16(18)19)11-5-3-2-4-6-11/h2-10H,1H3,(H,18,19)/b14-10-. The molecule has 0 amide bonds. The minimum Gasteiger partial charge on any atom is -0.496 e. The van der Waals surface area contributed by atoms with Gasteiger partial charge in [0, 0.05) is 10.0 Å². The van der Waals surface area contributed by atoms with Crippen molar-refractivity contribution in [2.45, 2.75) is 0 Å². The second-order valence-electron chi connectivity index (χ2n) is 4.12. The first-order valence-electron chi connectivity index (χ1n) is 5.96. The van der Waals surface area contributed by atoms with Gasteiger partial charge in [0.2, 0.25) is 0 Å². The number of rotatable bonds is 4. The van der Waals surface area contributed by atoms with Gasteiger partial charge in [-0.25, -0.2) is 4.79 Å². The molecule has 0 aliphatic heterocycles. The first-order chi connectivity index (χ1) is 9.61. The van der Waals surface area contributed by atoms with Crippen molar-refractivity contribution in [2.75, 3.05) is 7.11 Å². The lowest BCUT2D eigenvalue weighted by molar-refractivity contribution is -0.130. The summed E-state index contributed by atoms with van der Waals surface area (Å²) in [6.07, 6.45) is 1.61. The van der Waals surface area contributed by atoms with Gasteiger partial charge in [0.05, 0.1) is 12.7 Å². The van der Waals surface area contributed by atoms with Crippen LogP contribution >= 0.6 is 15.9 Å². The zero-order valence-corrected chi connectivity index (χ0v) is 12.4. The molecular weight excluding hydrogens is 320 g/mol. The summed E-state index contributed by atoms with van der Waals surface area (Å²) >= 11 is 3.38. The van der Waals surface area contributed by atoms with Crippen LogP contribution in [0.25, 0.3) is 11.6 Å². The summed E-state index contributed by atoms with van der Waals surface area (Å²) in [5.41, 5.74) is 1.59. The smallest absolute Gasteiger partial charge is 0.336 e. The van der Waals surface area contributed by atoms with Gasteiger partial charge >= 0.3 is 5.97 Å². The van der Waals surface area contributed by atoms with Crippen LogP contribution in [0, 0.1) is 0 Å². The molecule has 102 valence electrons. The molecule has 0 unspecified atom stereocenters. The number of aliphatic carboxylic acids is 1. The van der Waals surface area contributed by atoms with Crippen LogP contribution in [0.2, 0.25) is 0 Å². The summed E-state index contributed by atoms with van der Waals surface area (Å²) in [6, 6.07) is 14.5. The molecule has 2 aromatic rings. The van der Waals surface area contributed by atoms with Crippen molar-refractivity contribution in [3.8, 4) is 5.75 Å². The zero-order chi connectivity index (χ0) is 14.5. The third-order valence-electron chi connectivity index (χ3n) is 2.81. The van der Waals surface area contributed by atoms with Crippen molar-refractivity contribution in [3.05, 3.63) is 64.1 Å². The molecule has 0 heterocycles. The van der Waals surface area contributed by atoms with Gasteiger partial charge < -0.3 is 9.84 Å². The molecule has 0 bridgehead atoms. The predicted octanol–water partition coefficient (Wildman–Crippen LogP) is 4.08. The van der Waals surface area contributed by atoms with Crippen LogP contribution in [0.4, 0.5) is 0 Å². The van der Waals surface area contributed by atoms with Crippen molar-refractivity contribution in [1.29, 1.82) is 0 Å². The first-order valence-corrected chi connectivity index (χ1v) is 6.75. The largest absolute Gasteiger partial charge is 0.496 e. The lowest BCUT2D eigenvalue weighted by Crippen LogP contribution is -2.00. The molecule has 0 aliphatic carbocycles. The van der Waals surface area contributed by atoms with Crippen molar-refractivity contribution in [3.63, 3.8) is 0 Å². The van der Waals surface area contributed by atoms with Gasteiger partial charge in [-0.2, -0.15) is 0 Å². The van der Waals surface area contributed by atoms with Crippen LogP contribution < -0.4 is 4.74 Å². The van der Waals surface area contributed by atoms with E-state index in [1.54, 1.807) is 31.4 Å². The van der Waals surface area contributed by atoms with Crippen molar-refractivity contribution < 1.29 is 14.6 Å². The number of carbonyl (C=O) groups is 1. The van der Waals surface area contributed by atoms with E-state index >= 15 is 0 Å². The number of halogens is 1. The summed E-state index contributed by atoms with van der Waals surface area (Å²) < 4.78 is 6.12. The number of hydrogen-bond acceptors (Lipinski definition) is 2. The summed E-state index contributed by atoms with van der Waals surface area (Å²) in [4.78, 5) is 11.5. The molecule has 0 spiro atoms. The number of carboxylic acids is 1. The van der Waals surface area contributed by atoms with Crippen LogP contribution in [0.15, 0.2) is 53.0 Å². The van der Waals surface area contributed by atoms with Gasteiger partial charge in [-0.15, -0.1) is 0 Å². The summed E-state index contributed by atoms with van der Waals surface area (Å²) in [7, 11) is 1.56. The van der Waals surface area contributed by atoms with Crippen molar-refractivity contribution >= 4 is 33.5 Å². The number of methoxy groups -OCH3 is 1. The van der Waals surface area contributed by atoms with Crippen LogP contribution in [0.5, 0.6) is 5.75 Å². The van der Waals surface area contributed by atoms with Gasteiger partial charge in [-0.05, 0) is 29.8 Å². The monoisotopic (exact) mass is 332 g/mol. The average Bonchev–Trinajstić information content (AvgIpc) is 2.45. The summed E-state index contributed by atoms with van der Waals surface area (Å²) in [5.74, 6) is -0.346. The molecule has 2 rings (SSSR count). The highest BCUT2D eigenvalue weighted by Crippen LogP contribution is 2.27. The fraction of sp³-hybridized carbons (Fsp3) is 0.0625. The molecule has 0 saturated carbocycles. The van der Waals surface area contributed by atoms with Gasteiger partial charge in [0.25, 0.3) is 0 Å². The van der Waals surface area contributed by atoms with Crippen molar-refractivity contribution in [1.82, 2.24) is 0 Å². The second kappa shape index (κ2) is 6.39. The minimum absolute atomic E-state index is 0.224. The van der Waals surface area contributed by atoms with E-state index < -0.39 is 5.97 Å². The number of benzene rings is 2. The van der Waals surface area contributed by atoms with E-state index in [9.17, 15) is 9.90 Å². The maximum Gasteiger partial charge on any atom is 0.336 e. The molecule has 0 radical (unpaired) electrons. The molecule has 0 aliphatic rings. The van der Waals surface area contributed by atoms with Gasteiger partial charge in [0.15, 0.2) is 0 Å². The average molecular weight is 333 g/mol. The van der Waals surface area contributed by atoms with Gasteiger partial charge in [0.1, 0.15) is 5.75 Å². The zero-order valence-electron chi connectivity index (χ0n) is 10.8. The molecule has 0 saturated heterocycles. The quantitative estimate of drug-likeness (QED) is 0.677. The lowest BCUT2D eigenvalue weighted by Gasteiger charge is -2.07. The van der Waals surface area contributed by atoms with E-state index in [0.29, 0.717) is 16.9 Å². The third-order valence-corrected chi connectivity index (χ3v) is 3.30. The Hall–Kier alpha value is -2.07. The lowest BCUT2D eigenvalue weighted by atomic mass is 10.0. The fourth-order valence-electron chi connectivity index (χ4n) is 1.86. The maximum atomic E-state index is 11.5. The molecular formula is C16H13BrO3. The molecule has 20 heavy (non-hydrogen) atoms. The fourth-order valence-corrected chi connectivity index (χ4v) is 2.24. The van der Waals surface area contributed by atoms with Crippen LogP contribution in [-0.2, 0) is 4.79 Å². The second-order valence-corrected chi connectivity index (χ2v) is 5.03. The highest BCUT2D eigenvalue weighted by Gasteiger charge is 2.12. The molecule has 3 nitrogen and oxygen atoms in total. The number of hydrogen-bond donors (Lipinski definition) is 1. The van der Waals surface area contributed by atoms with Crippen LogP contribution in [-0.4, -0.2) is 18.2 Å². The summed E-state index contributed by atoms with van der Waals surface area (Å²) in [5, 5.41) is 9.40. The molecule has 0 fully saturated rings. The Labute approximate surface area is 125 Å². The van der Waals surface area contributed by atoms with E-state index in [1.807, 2.05) is 30.3 Å². The normalized spacial score (nSPS) is 11.2. The van der Waals surface area contributed by atoms with E-state index in [2.05, 4.69) is 15.9 Å². The van der Waals surface area contributed by atoms with Gasteiger partial charge in [-0.3, -0.25) is 0 Å². The van der Waals surface area contributed by atoms with E-state index in [4.69, 9.17) is 4.74 Å². The van der Waals surface area contributed by atoms with Crippen molar-refractivity contribution in [2.24, 2.45) is 0 Å². The number of carboxylic acid groups (broad SMARTS) is 1. The molecule has 2 aromatic carbocycles. The highest BCUT2D eigenvalue weighted by molar-refractivity contribution is 9.10. The van der Waals surface area contributed by atoms with E-state index in [1.165, 1.54) is 0 Å². The Morgan fingerprint density at radius 1 is 1.20 bits per heavy atom. The highest BCUT2D eigenvalue weighted by atomic mass is 79.9. The maximum absolute atomic E-state index is 11.5. The Kier molecular flexibility index (Phi) is 4.58. The third kappa shape index (κ3) is 3.27. The molecule has 4 heteroatoms. The van der Waals surface area contributed by atoms with E-state index in [0.717, 1.165) is 4.47 Å². The Balaban J connectivity index is 2.55. The minimum atomic E-state index is -0.974. The summed E-state index contributed by atoms with van der Waals surface area (Å²) in [6.45, 7) is 0. The number of ether oxygens (including phenoxy) is 1. The predicted molar refractivity (Wildman–Crippen MR) is 82.6 cm³/mol. The molecule has 0 atom stereocenters.